The summed E-state index contributed by atoms with van der Waals surface area (Å²) in [4.78, 5) is 38.8. The van der Waals surface area contributed by atoms with Gasteiger partial charge in [0, 0.05) is 23.4 Å². The molecular formula is C33H38Cl2N2O6S. The standard InChI is InChI=1S/C33H37ClN2O6S.ClH/c1-23(37)6-4-2-3-5-19-42-28-15-9-24(10-16-28)11-17-31(38)26-12-18-32-30(20-26)36(21-25-7-13-27(34)14-8-25)33(39)29(35)22-43(32,40)41;/h7-10,12-16,18,20,29H,2-6,11,17,19,21-22,35H2,1H3;1H/t29-;/m0./s1. The molecule has 1 amide bonds. The van der Waals surface area contributed by atoms with Crippen LogP contribution in [0.4, 0.5) is 5.69 Å². The van der Waals surface area contributed by atoms with Crippen LogP contribution in [0.15, 0.2) is 71.6 Å². The van der Waals surface area contributed by atoms with Gasteiger partial charge < -0.3 is 20.2 Å². The van der Waals surface area contributed by atoms with E-state index >= 15 is 0 Å². The van der Waals surface area contributed by atoms with E-state index in [9.17, 15) is 22.8 Å². The van der Waals surface area contributed by atoms with Crippen molar-refractivity contribution in [2.75, 3.05) is 17.3 Å². The van der Waals surface area contributed by atoms with E-state index in [0.717, 1.165) is 42.6 Å². The van der Waals surface area contributed by atoms with Crippen LogP contribution < -0.4 is 15.4 Å². The third kappa shape index (κ3) is 9.63. The van der Waals surface area contributed by atoms with Crippen molar-refractivity contribution < 1.29 is 27.5 Å². The van der Waals surface area contributed by atoms with Crippen molar-refractivity contribution in [3.05, 3.63) is 88.4 Å². The molecule has 11 heteroatoms. The molecular weight excluding hydrogens is 623 g/mol. The van der Waals surface area contributed by atoms with E-state index in [-0.39, 0.29) is 47.5 Å². The van der Waals surface area contributed by atoms with Crippen LogP contribution in [0.3, 0.4) is 0 Å². The first-order valence-electron chi connectivity index (χ1n) is 14.5. The van der Waals surface area contributed by atoms with Crippen molar-refractivity contribution in [2.24, 2.45) is 5.73 Å². The summed E-state index contributed by atoms with van der Waals surface area (Å²) < 4.78 is 32.0. The second-order valence-corrected chi connectivity index (χ2v) is 13.3. The fraction of sp³-hybridized carbons (Fsp3) is 0.364. The average molecular weight is 662 g/mol. The molecule has 0 aliphatic carbocycles. The molecule has 0 radical (unpaired) electrons. The van der Waals surface area contributed by atoms with Crippen molar-refractivity contribution in [1.29, 1.82) is 0 Å². The summed E-state index contributed by atoms with van der Waals surface area (Å²) in [5.41, 5.74) is 8.18. The van der Waals surface area contributed by atoms with Crippen LogP contribution in [-0.4, -0.2) is 44.3 Å². The van der Waals surface area contributed by atoms with Crippen LogP contribution in [0.25, 0.3) is 0 Å². The maximum absolute atomic E-state index is 13.2. The second-order valence-electron chi connectivity index (χ2n) is 10.9. The lowest BCUT2D eigenvalue weighted by atomic mass is 10.0. The molecule has 0 saturated carbocycles. The van der Waals surface area contributed by atoms with E-state index in [1.165, 1.54) is 23.1 Å². The third-order valence-corrected chi connectivity index (χ3v) is 9.46. The number of ketones is 2. The third-order valence-electron chi connectivity index (χ3n) is 7.40. The van der Waals surface area contributed by atoms with Gasteiger partial charge in [0.2, 0.25) is 5.91 Å². The van der Waals surface area contributed by atoms with Crippen molar-refractivity contribution in [3.63, 3.8) is 0 Å². The Bertz CT molecular complexity index is 1560. The quantitative estimate of drug-likeness (QED) is 0.163. The molecule has 1 aliphatic heterocycles. The molecule has 4 rings (SSSR count). The zero-order valence-electron chi connectivity index (χ0n) is 24.7. The minimum atomic E-state index is -3.85. The summed E-state index contributed by atoms with van der Waals surface area (Å²) in [7, 11) is -3.85. The maximum Gasteiger partial charge on any atom is 0.245 e. The molecule has 3 aromatic rings. The Labute approximate surface area is 270 Å². The molecule has 0 bridgehead atoms. The molecule has 2 N–H and O–H groups in total. The highest BCUT2D eigenvalue weighted by Gasteiger charge is 2.36. The summed E-state index contributed by atoms with van der Waals surface area (Å²) in [6.07, 6.45) is 5.20. The number of anilines is 1. The number of hydrogen-bond acceptors (Lipinski definition) is 7. The number of aryl methyl sites for hydroxylation is 1. The van der Waals surface area contributed by atoms with Crippen LogP contribution in [-0.2, 0) is 32.4 Å². The van der Waals surface area contributed by atoms with Gasteiger partial charge in [-0.15, -0.1) is 12.4 Å². The zero-order valence-corrected chi connectivity index (χ0v) is 27.1. The van der Waals surface area contributed by atoms with Crippen LogP contribution in [0.2, 0.25) is 5.02 Å². The van der Waals surface area contributed by atoms with E-state index in [0.29, 0.717) is 30.0 Å². The number of unbranched alkanes of at least 4 members (excludes halogenated alkanes) is 3. The molecule has 0 unspecified atom stereocenters. The number of carbonyl (C=O) groups is 3. The molecule has 0 spiro atoms. The van der Waals surface area contributed by atoms with Crippen LogP contribution in [0.1, 0.15) is 66.9 Å². The largest absolute Gasteiger partial charge is 0.494 e. The van der Waals surface area contributed by atoms with E-state index in [1.54, 1.807) is 31.2 Å². The van der Waals surface area contributed by atoms with Gasteiger partial charge >= 0.3 is 0 Å². The first-order valence-corrected chi connectivity index (χ1v) is 16.5. The number of amides is 1. The highest BCUT2D eigenvalue weighted by Crippen LogP contribution is 2.33. The number of rotatable bonds is 14. The van der Waals surface area contributed by atoms with Gasteiger partial charge in [-0.25, -0.2) is 8.42 Å². The summed E-state index contributed by atoms with van der Waals surface area (Å²) >= 11 is 6.00. The van der Waals surface area contributed by atoms with Crippen molar-refractivity contribution in [2.45, 2.75) is 69.4 Å². The maximum atomic E-state index is 13.2. The minimum absolute atomic E-state index is 0. The number of hydrogen-bond donors (Lipinski definition) is 1. The molecule has 0 fully saturated rings. The minimum Gasteiger partial charge on any atom is -0.494 e. The number of benzene rings is 3. The highest BCUT2D eigenvalue weighted by atomic mass is 35.5. The lowest BCUT2D eigenvalue weighted by Gasteiger charge is -2.24. The summed E-state index contributed by atoms with van der Waals surface area (Å²) in [6, 6.07) is 17.6. The number of halogens is 2. The van der Waals surface area contributed by atoms with E-state index in [4.69, 9.17) is 22.1 Å². The Morgan fingerprint density at radius 1 is 0.932 bits per heavy atom. The molecule has 1 heterocycles. The fourth-order valence-electron chi connectivity index (χ4n) is 4.99. The monoisotopic (exact) mass is 660 g/mol. The van der Waals surface area contributed by atoms with E-state index in [1.807, 2.05) is 24.3 Å². The van der Waals surface area contributed by atoms with Crippen molar-refractivity contribution in [1.82, 2.24) is 0 Å². The highest BCUT2D eigenvalue weighted by molar-refractivity contribution is 7.91. The van der Waals surface area contributed by atoms with Gasteiger partial charge in [0.05, 0.1) is 35.5 Å². The predicted octanol–water partition coefficient (Wildman–Crippen LogP) is 6.14. The van der Waals surface area contributed by atoms with E-state index < -0.39 is 27.5 Å². The molecule has 0 aromatic heterocycles. The number of sulfone groups is 1. The first-order chi connectivity index (χ1) is 20.5. The van der Waals surface area contributed by atoms with Crippen LogP contribution in [0.5, 0.6) is 5.75 Å². The Morgan fingerprint density at radius 2 is 1.59 bits per heavy atom. The van der Waals surface area contributed by atoms with Gasteiger partial charge in [-0.05, 0) is 79.8 Å². The van der Waals surface area contributed by atoms with Gasteiger partial charge in [0.15, 0.2) is 15.6 Å². The molecule has 236 valence electrons. The van der Waals surface area contributed by atoms with Gasteiger partial charge in [-0.3, -0.25) is 9.59 Å². The van der Waals surface area contributed by atoms with Crippen molar-refractivity contribution in [3.8, 4) is 5.75 Å². The Morgan fingerprint density at radius 3 is 2.27 bits per heavy atom. The van der Waals surface area contributed by atoms with Gasteiger partial charge in [0.1, 0.15) is 11.5 Å². The smallest absolute Gasteiger partial charge is 0.245 e. The number of fused-ring (bicyclic) bond motifs is 1. The summed E-state index contributed by atoms with van der Waals surface area (Å²) in [6.45, 7) is 2.30. The van der Waals surface area contributed by atoms with Crippen LogP contribution in [0, 0.1) is 0 Å². The number of carbonyl (C=O) groups excluding carboxylic acids is 3. The molecule has 8 nitrogen and oxygen atoms in total. The summed E-state index contributed by atoms with van der Waals surface area (Å²) in [5.74, 6) is -0.223. The molecule has 44 heavy (non-hydrogen) atoms. The van der Waals surface area contributed by atoms with E-state index in [2.05, 4.69) is 0 Å². The summed E-state index contributed by atoms with van der Waals surface area (Å²) in [5, 5.41) is 0.536. The first kappa shape index (κ1) is 35.2. The number of nitrogens with two attached hydrogens (primary N) is 1. The zero-order chi connectivity index (χ0) is 31.0. The van der Waals surface area contributed by atoms with Crippen molar-refractivity contribution >= 4 is 57.0 Å². The number of Topliss-reactive ketones (excluding diaryl/α,β-unsaturated/α-hetero) is 2. The molecule has 1 atom stereocenters. The normalized spacial score (nSPS) is 15.6. The predicted molar refractivity (Wildman–Crippen MR) is 175 cm³/mol. The topological polar surface area (TPSA) is 124 Å². The van der Waals surface area contributed by atoms with Crippen LogP contribution >= 0.6 is 24.0 Å². The second kappa shape index (κ2) is 16.2. The Hall–Kier alpha value is -3.24. The Balaban J connectivity index is 0.00000529. The van der Waals surface area contributed by atoms with Gasteiger partial charge in [0.25, 0.3) is 0 Å². The molecule has 1 aliphatic rings. The molecule has 0 saturated heterocycles. The SMILES string of the molecule is CC(=O)CCCCCCOc1ccc(CCC(=O)c2ccc3c(c2)N(Cc2ccc(Cl)cc2)C(=O)[C@@H](N)CS3(=O)=O)cc1.Cl. The van der Waals surface area contributed by atoms with Gasteiger partial charge in [-0.1, -0.05) is 48.7 Å². The fourth-order valence-corrected chi connectivity index (χ4v) is 6.67. The lowest BCUT2D eigenvalue weighted by Crippen LogP contribution is -2.45. The Kier molecular flexibility index (Phi) is 13.0. The number of nitrogens with zero attached hydrogens (tertiary/aromatic N) is 1. The number of ether oxygens (including phenoxy) is 1. The lowest BCUT2D eigenvalue weighted by molar-refractivity contribution is -0.119. The van der Waals surface area contributed by atoms with Gasteiger partial charge in [-0.2, -0.15) is 0 Å². The molecule has 3 aromatic carbocycles. The average Bonchev–Trinajstić information content (AvgIpc) is 3.04.